The Hall–Kier alpha value is -0.674. The first-order valence-electron chi connectivity index (χ1n) is 33.4. The Morgan fingerprint density at radius 1 is 0.444 bits per heavy atom. The maximum Gasteiger partial charge on any atom is 1.00 e. The molecule has 0 bridgehead atoms. The molecule has 2 atom stereocenters. The van der Waals surface area contributed by atoms with E-state index in [4.69, 9.17) is 40.2 Å². The van der Waals surface area contributed by atoms with Crippen LogP contribution < -0.4 is 51.4 Å². The minimum absolute atomic E-state index is 0. The van der Waals surface area contributed by atoms with Gasteiger partial charge >= 0.3 is 51.4 Å². The normalized spacial score (nSPS) is 14.7. The topological polar surface area (TPSA) is 128 Å². The summed E-state index contributed by atoms with van der Waals surface area (Å²) in [5.74, 6) is 1.35. The second-order valence-electron chi connectivity index (χ2n) is 22.9. The van der Waals surface area contributed by atoms with Crippen LogP contribution in [-0.4, -0.2) is 60.3 Å². The van der Waals surface area contributed by atoms with Gasteiger partial charge in [0.25, 0.3) is 10.1 Å². The largest absolute Gasteiger partial charge is 1.00 e. The average molecular weight is 1180 g/mol. The fourth-order valence-corrected chi connectivity index (χ4v) is 11.1. The van der Waals surface area contributed by atoms with Gasteiger partial charge in [-0.3, -0.25) is 4.18 Å². The Morgan fingerprint density at radius 2 is 0.728 bits per heavy atom. The third-order valence-electron chi connectivity index (χ3n) is 15.6. The van der Waals surface area contributed by atoms with E-state index in [-0.39, 0.29) is 71.4 Å². The molecule has 0 aromatic carbocycles. The predicted molar refractivity (Wildman–Crippen MR) is 341 cm³/mol. The Kier molecular flexibility index (Phi) is 73.2. The Balaban J connectivity index is -0.00000143. The van der Waals surface area contributed by atoms with Crippen molar-refractivity contribution in [2.24, 2.45) is 11.8 Å². The van der Waals surface area contributed by atoms with Crippen LogP contribution >= 0.6 is 0 Å². The molecule has 2 heterocycles. The molecule has 2 aliphatic heterocycles. The monoisotopic (exact) mass is 1180 g/mol. The molecular formula is C70H129KN2O7S. The zero-order valence-electron chi connectivity index (χ0n) is 52.9. The van der Waals surface area contributed by atoms with E-state index in [1.165, 1.54) is 257 Å². The summed E-state index contributed by atoms with van der Waals surface area (Å²) in [4.78, 5) is 0. The summed E-state index contributed by atoms with van der Waals surface area (Å²) < 4.78 is 49.8. The van der Waals surface area contributed by atoms with Crippen molar-refractivity contribution in [1.82, 2.24) is 0 Å². The maximum absolute atomic E-state index is 11.4. The van der Waals surface area contributed by atoms with Gasteiger partial charge in [0, 0.05) is 6.42 Å². The van der Waals surface area contributed by atoms with E-state index in [1.807, 2.05) is 0 Å². The molecular weight excluding hydrogens is 1050 g/mol. The van der Waals surface area contributed by atoms with E-state index in [9.17, 15) is 8.42 Å². The summed E-state index contributed by atoms with van der Waals surface area (Å²) in [6.45, 7) is 12.6. The van der Waals surface area contributed by atoms with Crippen molar-refractivity contribution in [3.8, 4) is 6.07 Å². The molecule has 9 nitrogen and oxygen atoms in total. The second kappa shape index (κ2) is 70.1. The molecule has 0 saturated carbocycles. The summed E-state index contributed by atoms with van der Waals surface area (Å²) in [5.41, 5.74) is 0. The number of ether oxygens (including phenoxy) is 4. The summed E-state index contributed by atoms with van der Waals surface area (Å²) in [6.07, 6.45) is 79.2. The van der Waals surface area contributed by atoms with Crippen LogP contribution in [0.25, 0.3) is 0 Å². The standard InChI is InChI=1S/C34H61NO2.C34H64O5S.CN.CH4.K/c1-2-3-4-5-6-7-8-9-10-11-12-13-14-15-16-19-22-26-33(28-25-30-35)27-23-20-17-18-21-24-29-34-36-31-32-37-34;1-3-4-5-6-7-8-9-10-11-12-13-14-15-16-17-20-23-26-33(29-30-39-40(2,35)36)27-24-21-18-19-22-25-28-34-37-31-32-38-34;1-2;;/h6-7,9-10,33-34H,2-5,8,11-29,31-32H2,1H3;7-8,10-11,33-34H,3-6,9,12-32H2,1-2H3;;1H4;/q;;-1;;+1/b7-6-,10-9-;8-7-,11-10-;;;. The first-order valence-corrected chi connectivity index (χ1v) is 35.2. The van der Waals surface area contributed by atoms with Gasteiger partial charge in [0.05, 0.1) is 45.4 Å². The maximum atomic E-state index is 11.4. The number of allylic oxidation sites excluding steroid dienone is 8. The Morgan fingerprint density at radius 3 is 1.04 bits per heavy atom. The van der Waals surface area contributed by atoms with E-state index in [0.717, 1.165) is 83.5 Å². The van der Waals surface area contributed by atoms with E-state index < -0.39 is 10.1 Å². The molecule has 2 fully saturated rings. The molecule has 2 unspecified atom stereocenters. The van der Waals surface area contributed by atoms with Crippen molar-refractivity contribution < 1.29 is 82.9 Å². The number of unbranched alkanes of at least 4 members (excludes halogenated alkanes) is 30. The first kappa shape index (κ1) is 84.5. The quantitative estimate of drug-likeness (QED) is 0.0192. The molecule has 468 valence electrons. The smallest absolute Gasteiger partial charge is 0.512 e. The molecule has 2 saturated heterocycles. The number of rotatable bonds is 56. The van der Waals surface area contributed by atoms with Crippen molar-refractivity contribution in [2.75, 3.05) is 39.3 Å². The molecule has 0 spiro atoms. The van der Waals surface area contributed by atoms with Crippen LogP contribution in [0.5, 0.6) is 0 Å². The molecule has 11 heteroatoms. The van der Waals surface area contributed by atoms with Gasteiger partial charge in [-0.2, -0.15) is 13.7 Å². The van der Waals surface area contributed by atoms with Crippen LogP contribution in [0.1, 0.15) is 323 Å². The van der Waals surface area contributed by atoms with Crippen molar-refractivity contribution in [1.29, 1.82) is 10.5 Å². The van der Waals surface area contributed by atoms with E-state index in [1.54, 1.807) is 0 Å². The molecule has 0 aromatic heterocycles. The molecule has 0 N–H and O–H groups in total. The van der Waals surface area contributed by atoms with Crippen molar-refractivity contribution in [3.05, 3.63) is 55.2 Å². The zero-order valence-corrected chi connectivity index (χ0v) is 56.8. The van der Waals surface area contributed by atoms with E-state index in [0.29, 0.717) is 12.5 Å². The average Bonchev–Trinajstić information content (AvgIpc) is 4.19. The molecule has 2 rings (SSSR count). The van der Waals surface area contributed by atoms with E-state index in [2.05, 4.69) is 68.5 Å². The van der Waals surface area contributed by atoms with Gasteiger partial charge in [-0.25, -0.2) is 0 Å². The predicted octanol–water partition coefficient (Wildman–Crippen LogP) is 18.8. The van der Waals surface area contributed by atoms with Gasteiger partial charge in [0.15, 0.2) is 12.6 Å². The Bertz CT molecular complexity index is 1540. The van der Waals surface area contributed by atoms with Crippen molar-refractivity contribution >= 4 is 10.1 Å². The van der Waals surface area contributed by atoms with Crippen molar-refractivity contribution in [3.63, 3.8) is 0 Å². The van der Waals surface area contributed by atoms with E-state index >= 15 is 0 Å². The number of nitriles is 1. The SMILES string of the molecule is C.CCCCC/C=C\C/C=C\CCCCCCCCCC(CCC#N)CCCCCCCCC1OCCO1.CCCCC/C=C\C/C=C\CCCCCCCCCC(CCCCCCCCC1OCCO1)CCOS(C)(=O)=O.[C-]#N.[K+]. The van der Waals surface area contributed by atoms with Crippen LogP contribution in [0.4, 0.5) is 0 Å². The van der Waals surface area contributed by atoms with Gasteiger partial charge in [-0.05, 0) is 115 Å². The van der Waals surface area contributed by atoms with Crippen LogP contribution in [-0.2, 0) is 33.2 Å². The molecule has 81 heavy (non-hydrogen) atoms. The molecule has 2 aliphatic rings. The number of hydrogen-bond donors (Lipinski definition) is 0. The third-order valence-corrected chi connectivity index (χ3v) is 16.2. The number of hydrogen-bond acceptors (Lipinski definition) is 9. The van der Waals surface area contributed by atoms with Crippen molar-refractivity contribution in [2.45, 2.75) is 336 Å². The summed E-state index contributed by atoms with van der Waals surface area (Å²) in [7, 11) is -3.34. The van der Waals surface area contributed by atoms with Gasteiger partial charge in [-0.1, -0.05) is 263 Å². The Labute approximate surface area is 546 Å². The van der Waals surface area contributed by atoms with Crippen LogP contribution in [0.2, 0.25) is 0 Å². The minimum atomic E-state index is -3.34. The summed E-state index contributed by atoms with van der Waals surface area (Å²) >= 11 is 0. The zero-order chi connectivity index (χ0) is 57.5. The van der Waals surface area contributed by atoms with Gasteiger partial charge in [0.1, 0.15) is 0 Å². The molecule has 0 aromatic rings. The van der Waals surface area contributed by atoms with Gasteiger partial charge in [0.2, 0.25) is 0 Å². The fourth-order valence-electron chi connectivity index (χ4n) is 10.7. The fraction of sp³-hybridized carbons (Fsp3) is 0.857. The van der Waals surface area contributed by atoms with Crippen LogP contribution in [0.15, 0.2) is 48.6 Å². The molecule has 0 radical (unpaired) electrons. The third kappa shape index (κ3) is 66.7. The van der Waals surface area contributed by atoms with Gasteiger partial charge < -0.3 is 30.8 Å². The molecule has 0 amide bonds. The summed E-state index contributed by atoms with van der Waals surface area (Å²) in [6, 6.07) is 2.38. The number of nitrogens with zero attached hydrogens (tertiary/aromatic N) is 2. The second-order valence-corrected chi connectivity index (χ2v) is 24.6. The summed E-state index contributed by atoms with van der Waals surface area (Å²) in [5, 5.41) is 15.3. The van der Waals surface area contributed by atoms with Gasteiger partial charge in [-0.15, -0.1) is 0 Å². The molecule has 0 aliphatic carbocycles. The van der Waals surface area contributed by atoms with Crippen LogP contribution in [0.3, 0.4) is 0 Å². The van der Waals surface area contributed by atoms with Crippen LogP contribution in [0, 0.1) is 35.0 Å². The first-order chi connectivity index (χ1) is 38.9. The minimum Gasteiger partial charge on any atom is -0.512 e.